The summed E-state index contributed by atoms with van der Waals surface area (Å²) in [5.41, 5.74) is 5.64. The number of halogens is 3. The van der Waals surface area contributed by atoms with E-state index < -0.39 is 45.5 Å². The van der Waals surface area contributed by atoms with Crippen molar-refractivity contribution in [3.63, 3.8) is 0 Å². The third-order valence-electron chi connectivity index (χ3n) is 6.07. The SMILES string of the molecule is CC1C[C@H](N[C@@H](c2ccc(-c3ccc(S(N)(=O)=O)cc3)cc2)C(F)(F)F)C(=O)C1(N)CC#N. The molecule has 0 heterocycles. The molecule has 0 aliphatic heterocycles. The number of carbonyl (C=O) groups is 1. The van der Waals surface area contributed by atoms with Crippen LogP contribution in [0.1, 0.15) is 31.4 Å². The van der Waals surface area contributed by atoms with E-state index in [4.69, 9.17) is 16.1 Å². The van der Waals surface area contributed by atoms with Crippen LogP contribution >= 0.6 is 0 Å². The molecule has 0 spiro atoms. The quantitative estimate of drug-likeness (QED) is 0.581. The van der Waals surface area contributed by atoms with E-state index in [1.807, 2.05) is 6.07 Å². The molecule has 7 nitrogen and oxygen atoms in total. The number of hydrogen-bond acceptors (Lipinski definition) is 6. The molecular weight excluding hydrogens is 457 g/mol. The first-order valence-corrected chi connectivity index (χ1v) is 11.6. The highest BCUT2D eigenvalue weighted by Gasteiger charge is 2.52. The Morgan fingerprint density at radius 2 is 1.67 bits per heavy atom. The van der Waals surface area contributed by atoms with Crippen molar-refractivity contribution >= 4 is 15.8 Å². The van der Waals surface area contributed by atoms with Gasteiger partial charge in [0.2, 0.25) is 10.0 Å². The molecule has 0 bridgehead atoms. The zero-order chi connectivity index (χ0) is 24.6. The highest BCUT2D eigenvalue weighted by Crippen LogP contribution is 2.38. The van der Waals surface area contributed by atoms with Crippen molar-refractivity contribution < 1.29 is 26.4 Å². The highest BCUT2D eigenvalue weighted by atomic mass is 32.2. The van der Waals surface area contributed by atoms with Crippen molar-refractivity contribution in [2.75, 3.05) is 0 Å². The average molecular weight is 481 g/mol. The molecule has 3 rings (SSSR count). The number of nitrogens with two attached hydrogens (primary N) is 2. The van der Waals surface area contributed by atoms with E-state index >= 15 is 0 Å². The number of alkyl halides is 3. The van der Waals surface area contributed by atoms with Crippen LogP contribution in [0.25, 0.3) is 11.1 Å². The minimum Gasteiger partial charge on any atom is -0.318 e. The number of sulfonamides is 1. The van der Waals surface area contributed by atoms with E-state index in [9.17, 15) is 26.4 Å². The summed E-state index contributed by atoms with van der Waals surface area (Å²) in [5, 5.41) is 16.4. The van der Waals surface area contributed by atoms with E-state index in [0.29, 0.717) is 11.1 Å². The standard InChI is InChI=1S/C22H23F3N4O3S/c1-13-12-18(20(30)21(13,27)10-11-26)29-19(22(23,24)25)16-4-2-14(3-5-16)15-6-8-17(9-7-15)33(28,31)32/h2-9,13,18-19,29H,10,12,27H2,1H3,(H2,28,31,32)/t13?,18-,19-,21?/m0/s1. The highest BCUT2D eigenvalue weighted by molar-refractivity contribution is 7.89. The topological polar surface area (TPSA) is 139 Å². The summed E-state index contributed by atoms with van der Waals surface area (Å²) in [6, 6.07) is 9.77. The fourth-order valence-corrected chi connectivity index (χ4v) is 4.58. The Kier molecular flexibility index (Phi) is 6.68. The summed E-state index contributed by atoms with van der Waals surface area (Å²) in [5.74, 6) is -1.05. The molecule has 2 aromatic carbocycles. The number of rotatable bonds is 6. The number of carbonyl (C=O) groups excluding carboxylic acids is 1. The Bertz CT molecular complexity index is 1180. The van der Waals surface area contributed by atoms with Gasteiger partial charge in [-0.15, -0.1) is 0 Å². The van der Waals surface area contributed by atoms with Crippen LogP contribution in [0.4, 0.5) is 13.2 Å². The van der Waals surface area contributed by atoms with Crippen molar-refractivity contribution in [1.29, 1.82) is 5.26 Å². The maximum absolute atomic E-state index is 13.9. The van der Waals surface area contributed by atoms with Crippen LogP contribution < -0.4 is 16.2 Å². The van der Waals surface area contributed by atoms with Crippen LogP contribution in [0.5, 0.6) is 0 Å². The van der Waals surface area contributed by atoms with Gasteiger partial charge in [-0.05, 0) is 41.2 Å². The van der Waals surface area contributed by atoms with Gasteiger partial charge in [-0.25, -0.2) is 13.6 Å². The molecule has 0 amide bonds. The van der Waals surface area contributed by atoms with Crippen molar-refractivity contribution in [2.24, 2.45) is 16.8 Å². The molecule has 1 aliphatic rings. The lowest BCUT2D eigenvalue weighted by Crippen LogP contribution is -2.53. The molecule has 11 heteroatoms. The molecule has 1 aliphatic carbocycles. The Labute approximate surface area is 189 Å². The molecule has 0 saturated heterocycles. The summed E-state index contributed by atoms with van der Waals surface area (Å²) in [6.07, 6.45) is -4.85. The van der Waals surface area contributed by atoms with Gasteiger partial charge >= 0.3 is 6.18 Å². The first-order chi connectivity index (χ1) is 15.3. The summed E-state index contributed by atoms with van der Waals surface area (Å²) < 4.78 is 64.4. The minimum atomic E-state index is -4.68. The van der Waals surface area contributed by atoms with Crippen molar-refractivity contribution in [3.8, 4) is 17.2 Å². The predicted octanol–water partition coefficient (Wildman–Crippen LogP) is 2.78. The molecule has 0 aromatic heterocycles. The number of nitrogens with one attached hydrogen (secondary N) is 1. The van der Waals surface area contributed by atoms with Crippen LogP contribution in [-0.2, 0) is 14.8 Å². The van der Waals surface area contributed by atoms with Crippen LogP contribution in [-0.4, -0.2) is 32.0 Å². The molecule has 2 aromatic rings. The molecule has 176 valence electrons. The molecule has 4 atom stereocenters. The predicted molar refractivity (Wildman–Crippen MR) is 115 cm³/mol. The average Bonchev–Trinajstić information content (AvgIpc) is 2.94. The zero-order valence-corrected chi connectivity index (χ0v) is 18.5. The van der Waals surface area contributed by atoms with Gasteiger partial charge in [-0.1, -0.05) is 43.3 Å². The second-order valence-corrected chi connectivity index (χ2v) is 9.82. The third-order valence-corrected chi connectivity index (χ3v) is 7.00. The first kappa shape index (κ1) is 24.9. The second kappa shape index (κ2) is 8.87. The smallest absolute Gasteiger partial charge is 0.318 e. The van der Waals surface area contributed by atoms with E-state index in [-0.39, 0.29) is 23.3 Å². The molecule has 33 heavy (non-hydrogen) atoms. The molecule has 1 fully saturated rings. The lowest BCUT2D eigenvalue weighted by atomic mass is 9.86. The number of Topliss-reactive ketones (excluding diaryl/α,β-unsaturated/α-hetero) is 1. The Morgan fingerprint density at radius 3 is 2.12 bits per heavy atom. The molecule has 1 saturated carbocycles. The molecular formula is C22H23F3N4O3S. The van der Waals surface area contributed by atoms with E-state index in [1.54, 1.807) is 6.92 Å². The second-order valence-electron chi connectivity index (χ2n) is 8.26. The Balaban J connectivity index is 1.85. The summed E-state index contributed by atoms with van der Waals surface area (Å²) in [6.45, 7) is 1.65. The lowest BCUT2D eigenvalue weighted by Gasteiger charge is -2.27. The maximum atomic E-state index is 13.9. The van der Waals surface area contributed by atoms with E-state index in [2.05, 4.69) is 5.32 Å². The third kappa shape index (κ3) is 5.09. The first-order valence-electron chi connectivity index (χ1n) is 10.0. The van der Waals surface area contributed by atoms with Gasteiger partial charge in [0.05, 0.1) is 29.0 Å². The Hall–Kier alpha value is -2.78. The van der Waals surface area contributed by atoms with Crippen LogP contribution in [0, 0.1) is 17.2 Å². The van der Waals surface area contributed by atoms with E-state index in [0.717, 1.165) is 0 Å². The van der Waals surface area contributed by atoms with Crippen LogP contribution in [0.15, 0.2) is 53.4 Å². The Morgan fingerprint density at radius 1 is 1.15 bits per heavy atom. The number of nitrogens with zero attached hydrogens (tertiary/aromatic N) is 1. The zero-order valence-electron chi connectivity index (χ0n) is 17.6. The summed E-state index contributed by atoms with van der Waals surface area (Å²) in [4.78, 5) is 12.6. The maximum Gasteiger partial charge on any atom is 0.407 e. The fraction of sp³-hybridized carbons (Fsp3) is 0.364. The summed E-state index contributed by atoms with van der Waals surface area (Å²) in [7, 11) is -3.86. The van der Waals surface area contributed by atoms with Gasteiger partial charge in [0.25, 0.3) is 0 Å². The van der Waals surface area contributed by atoms with Gasteiger partial charge in [0, 0.05) is 0 Å². The number of benzene rings is 2. The van der Waals surface area contributed by atoms with Crippen LogP contribution in [0.2, 0.25) is 0 Å². The normalized spacial score (nSPS) is 24.5. The van der Waals surface area contributed by atoms with Crippen LogP contribution in [0.3, 0.4) is 0 Å². The number of primary sulfonamides is 1. The molecule has 5 N–H and O–H groups in total. The van der Waals surface area contributed by atoms with Crippen molar-refractivity contribution in [3.05, 3.63) is 54.1 Å². The van der Waals surface area contributed by atoms with Gasteiger partial charge in [-0.3, -0.25) is 10.1 Å². The summed E-state index contributed by atoms with van der Waals surface area (Å²) >= 11 is 0. The molecule has 2 unspecified atom stereocenters. The monoisotopic (exact) mass is 480 g/mol. The van der Waals surface area contributed by atoms with Gasteiger partial charge < -0.3 is 5.73 Å². The molecule has 0 radical (unpaired) electrons. The number of ketones is 1. The lowest BCUT2D eigenvalue weighted by molar-refractivity contribution is -0.160. The fourth-order valence-electron chi connectivity index (χ4n) is 4.06. The van der Waals surface area contributed by atoms with Crippen molar-refractivity contribution in [1.82, 2.24) is 5.32 Å². The van der Waals surface area contributed by atoms with E-state index in [1.165, 1.54) is 48.5 Å². The minimum absolute atomic E-state index is 0.0768. The largest absolute Gasteiger partial charge is 0.407 e. The number of nitriles is 1. The van der Waals surface area contributed by atoms with Gasteiger partial charge in [-0.2, -0.15) is 18.4 Å². The van der Waals surface area contributed by atoms with Gasteiger partial charge in [0.1, 0.15) is 6.04 Å². The van der Waals surface area contributed by atoms with Crippen molar-refractivity contribution in [2.45, 2.75) is 48.5 Å². The van der Waals surface area contributed by atoms with Gasteiger partial charge in [0.15, 0.2) is 5.78 Å². The number of hydrogen-bond donors (Lipinski definition) is 3.